The zero-order valence-electron chi connectivity index (χ0n) is 5.20. The number of hydrogen-bond donors (Lipinski definition) is 6. The maximum atomic E-state index is 5.08. The number of guanidine groups is 2. The summed E-state index contributed by atoms with van der Waals surface area (Å²) < 4.78 is 0. The minimum absolute atomic E-state index is 0.0217. The Morgan fingerprint density at radius 1 is 0.900 bits per heavy atom. The van der Waals surface area contributed by atoms with Gasteiger partial charge in [0.15, 0.2) is 0 Å². The standard InChI is InChI=1S/C2H10N8/c3-1(7-5)9-10-2(4)8-6/h5-6H2,(H3,3,7,9)(H3,4,8,10). The van der Waals surface area contributed by atoms with Gasteiger partial charge in [0, 0.05) is 0 Å². The van der Waals surface area contributed by atoms with Crippen LogP contribution in [0.4, 0.5) is 0 Å². The minimum atomic E-state index is -0.0217. The molecule has 0 aromatic carbocycles. The second kappa shape index (κ2) is 4.06. The first kappa shape index (κ1) is 8.14. The number of hydrazone groups is 2. The van der Waals surface area contributed by atoms with Crippen molar-refractivity contribution in [1.82, 2.24) is 10.9 Å². The molecule has 0 amide bonds. The molecule has 0 aromatic rings. The molecule has 0 radical (unpaired) electrons. The lowest BCUT2D eigenvalue weighted by atomic mass is 11.0. The van der Waals surface area contributed by atoms with Crippen LogP contribution >= 0.6 is 0 Å². The van der Waals surface area contributed by atoms with Crippen molar-refractivity contribution in [2.45, 2.75) is 0 Å². The van der Waals surface area contributed by atoms with Crippen molar-refractivity contribution in [2.75, 3.05) is 0 Å². The highest BCUT2D eigenvalue weighted by Gasteiger charge is 1.88. The first-order valence-electron chi connectivity index (χ1n) is 2.29. The van der Waals surface area contributed by atoms with Crippen LogP contribution in [0.15, 0.2) is 10.2 Å². The van der Waals surface area contributed by atoms with E-state index in [1.807, 2.05) is 0 Å². The molecular weight excluding hydrogens is 136 g/mol. The number of nitrogens with zero attached hydrogens (tertiary/aromatic N) is 2. The average Bonchev–Trinajstić information content (AvgIpc) is 1.99. The van der Waals surface area contributed by atoms with Gasteiger partial charge in [-0.3, -0.25) is 10.9 Å². The van der Waals surface area contributed by atoms with Gasteiger partial charge in [0.1, 0.15) is 0 Å². The van der Waals surface area contributed by atoms with E-state index in [-0.39, 0.29) is 11.9 Å². The largest absolute Gasteiger partial charge is 0.367 e. The molecule has 0 saturated carbocycles. The number of rotatable bonds is 0. The Bertz CT molecular complexity index is 127. The van der Waals surface area contributed by atoms with E-state index >= 15 is 0 Å². The SMILES string of the molecule is NN=C(N)NNC(N)=NN. The molecule has 0 aromatic heterocycles. The number of nitrogens with one attached hydrogen (secondary N) is 2. The van der Waals surface area contributed by atoms with Gasteiger partial charge in [-0.15, -0.1) is 10.2 Å². The zero-order valence-corrected chi connectivity index (χ0v) is 5.20. The van der Waals surface area contributed by atoms with Crippen LogP contribution in [0.3, 0.4) is 0 Å². The Balaban J connectivity index is 3.56. The Morgan fingerprint density at radius 3 is 1.40 bits per heavy atom. The summed E-state index contributed by atoms with van der Waals surface area (Å²) in [6.45, 7) is 0. The van der Waals surface area contributed by atoms with E-state index < -0.39 is 0 Å². The van der Waals surface area contributed by atoms with Crippen molar-refractivity contribution in [1.29, 1.82) is 0 Å². The average molecular weight is 146 g/mol. The van der Waals surface area contributed by atoms with Gasteiger partial charge in [0.25, 0.3) is 0 Å². The molecule has 0 spiro atoms. The molecule has 0 bridgehead atoms. The van der Waals surface area contributed by atoms with Gasteiger partial charge in [-0.05, 0) is 0 Å². The topological polar surface area (TPSA) is 153 Å². The van der Waals surface area contributed by atoms with Crippen molar-refractivity contribution >= 4 is 11.9 Å². The number of hydrogen-bond acceptors (Lipinski definition) is 4. The molecular formula is C2H10N8. The highest BCUT2D eigenvalue weighted by Crippen LogP contribution is 1.50. The summed E-state index contributed by atoms with van der Waals surface area (Å²) in [5.41, 5.74) is 14.8. The fraction of sp³-hybridized carbons (Fsp3) is 0. The van der Waals surface area contributed by atoms with Crippen molar-refractivity contribution in [2.24, 2.45) is 33.4 Å². The van der Waals surface area contributed by atoms with E-state index in [2.05, 4.69) is 21.1 Å². The van der Waals surface area contributed by atoms with E-state index in [4.69, 9.17) is 23.2 Å². The van der Waals surface area contributed by atoms with Crippen LogP contribution in [0.25, 0.3) is 0 Å². The molecule has 8 heteroatoms. The highest BCUT2D eigenvalue weighted by molar-refractivity contribution is 5.83. The Labute approximate surface area is 57.3 Å². The van der Waals surface area contributed by atoms with Crippen LogP contribution in [0, 0.1) is 0 Å². The summed E-state index contributed by atoms with van der Waals surface area (Å²) in [4.78, 5) is 0. The molecule has 58 valence electrons. The molecule has 0 unspecified atom stereocenters. The van der Waals surface area contributed by atoms with Gasteiger partial charge in [-0.25, -0.2) is 0 Å². The molecule has 8 nitrogen and oxygen atoms in total. The summed E-state index contributed by atoms with van der Waals surface area (Å²) in [5, 5.41) is 6.13. The van der Waals surface area contributed by atoms with Gasteiger partial charge in [-0.1, -0.05) is 0 Å². The number of hydrazine groups is 1. The summed E-state index contributed by atoms with van der Waals surface area (Å²) in [6, 6.07) is 0. The van der Waals surface area contributed by atoms with Gasteiger partial charge in [0.2, 0.25) is 11.9 Å². The normalized spacial score (nSPS) is 12.8. The maximum absolute atomic E-state index is 5.08. The van der Waals surface area contributed by atoms with Crippen LogP contribution in [0.2, 0.25) is 0 Å². The molecule has 10 N–H and O–H groups in total. The van der Waals surface area contributed by atoms with E-state index in [9.17, 15) is 0 Å². The Hall–Kier alpha value is -1.86. The van der Waals surface area contributed by atoms with Crippen LogP contribution in [-0.2, 0) is 0 Å². The third-order valence-corrected chi connectivity index (χ3v) is 0.597. The first-order chi connectivity index (χ1) is 4.70. The Kier molecular flexibility index (Phi) is 3.31. The molecule has 0 aliphatic heterocycles. The summed E-state index contributed by atoms with van der Waals surface area (Å²) >= 11 is 0. The van der Waals surface area contributed by atoms with Crippen molar-refractivity contribution in [3.63, 3.8) is 0 Å². The van der Waals surface area contributed by atoms with Crippen LogP contribution in [0.5, 0.6) is 0 Å². The quantitative estimate of drug-likeness (QED) is 0.0900. The molecule has 0 fully saturated rings. The molecule has 0 aliphatic rings. The number of nitrogens with two attached hydrogens (primary N) is 4. The van der Waals surface area contributed by atoms with Gasteiger partial charge in [0.05, 0.1) is 0 Å². The molecule has 0 rings (SSSR count). The van der Waals surface area contributed by atoms with Crippen molar-refractivity contribution in [3.8, 4) is 0 Å². The van der Waals surface area contributed by atoms with E-state index in [1.54, 1.807) is 0 Å². The lowest BCUT2D eigenvalue weighted by Gasteiger charge is -2.04. The second-order valence-corrected chi connectivity index (χ2v) is 1.28. The predicted octanol–water partition coefficient (Wildman–Crippen LogP) is -3.54. The van der Waals surface area contributed by atoms with Gasteiger partial charge < -0.3 is 23.2 Å². The lowest BCUT2D eigenvalue weighted by Crippen LogP contribution is -2.49. The molecule has 0 heterocycles. The molecule has 10 heavy (non-hydrogen) atoms. The third-order valence-electron chi connectivity index (χ3n) is 0.597. The van der Waals surface area contributed by atoms with E-state index in [0.29, 0.717) is 0 Å². The monoisotopic (exact) mass is 146 g/mol. The predicted molar refractivity (Wildman–Crippen MR) is 37.9 cm³/mol. The summed E-state index contributed by atoms with van der Waals surface area (Å²) in [5.74, 6) is 9.45. The maximum Gasteiger partial charge on any atom is 0.229 e. The van der Waals surface area contributed by atoms with Crippen LogP contribution in [-0.4, -0.2) is 11.9 Å². The fourth-order valence-electron chi connectivity index (χ4n) is 0.193. The van der Waals surface area contributed by atoms with Crippen molar-refractivity contribution in [3.05, 3.63) is 0 Å². The van der Waals surface area contributed by atoms with Crippen molar-refractivity contribution < 1.29 is 0 Å². The van der Waals surface area contributed by atoms with E-state index in [1.165, 1.54) is 0 Å². The smallest absolute Gasteiger partial charge is 0.229 e. The van der Waals surface area contributed by atoms with E-state index in [0.717, 1.165) is 0 Å². The summed E-state index contributed by atoms with van der Waals surface area (Å²) in [6.07, 6.45) is 0. The third kappa shape index (κ3) is 3.18. The summed E-state index contributed by atoms with van der Waals surface area (Å²) in [7, 11) is 0. The van der Waals surface area contributed by atoms with Crippen LogP contribution < -0.4 is 34.0 Å². The fourth-order valence-corrected chi connectivity index (χ4v) is 0.193. The first-order valence-corrected chi connectivity index (χ1v) is 2.29. The van der Waals surface area contributed by atoms with Gasteiger partial charge in [-0.2, -0.15) is 0 Å². The minimum Gasteiger partial charge on any atom is -0.367 e. The molecule has 0 atom stereocenters. The van der Waals surface area contributed by atoms with Crippen LogP contribution in [0.1, 0.15) is 0 Å². The zero-order chi connectivity index (χ0) is 7.98. The highest BCUT2D eigenvalue weighted by atomic mass is 15.5. The Morgan fingerprint density at radius 2 is 1.20 bits per heavy atom. The lowest BCUT2D eigenvalue weighted by molar-refractivity contribution is 0.831. The van der Waals surface area contributed by atoms with Gasteiger partial charge >= 0.3 is 0 Å². The molecule has 0 aliphatic carbocycles. The second-order valence-electron chi connectivity index (χ2n) is 1.28. The molecule has 0 saturated heterocycles.